The second-order valence-corrected chi connectivity index (χ2v) is 12.0. The van der Waals surface area contributed by atoms with E-state index in [-0.39, 0.29) is 5.04 Å². The molecule has 0 saturated heterocycles. The molecule has 0 atom stereocenters. The smallest absolute Gasteiger partial charge is 0.192 e. The van der Waals surface area contributed by atoms with E-state index in [0.29, 0.717) is 12.4 Å². The number of benzene rings is 1. The minimum absolute atomic E-state index is 0.239. The van der Waals surface area contributed by atoms with Gasteiger partial charge in [-0.25, -0.2) is 4.98 Å². The molecule has 0 aliphatic heterocycles. The van der Waals surface area contributed by atoms with Gasteiger partial charge < -0.3 is 10.2 Å². The molecule has 118 valence electrons. The second-order valence-electron chi connectivity index (χ2n) is 7.22. The third-order valence-electron chi connectivity index (χ3n) is 4.48. The van der Waals surface area contributed by atoms with Crippen LogP contribution in [0.3, 0.4) is 0 Å². The van der Waals surface area contributed by atoms with Crippen molar-refractivity contribution in [3.8, 4) is 11.1 Å². The van der Waals surface area contributed by atoms with Gasteiger partial charge in [0.05, 0.1) is 6.61 Å². The summed E-state index contributed by atoms with van der Waals surface area (Å²) in [5, 5.41) is 0.239. The van der Waals surface area contributed by atoms with Crippen LogP contribution in [-0.4, -0.2) is 13.3 Å². The van der Waals surface area contributed by atoms with E-state index >= 15 is 0 Å². The number of anilines is 1. The third kappa shape index (κ3) is 3.96. The van der Waals surface area contributed by atoms with Gasteiger partial charge in [0, 0.05) is 11.8 Å². The molecule has 3 nitrogen and oxygen atoms in total. The van der Waals surface area contributed by atoms with Gasteiger partial charge in [0.1, 0.15) is 5.82 Å². The van der Waals surface area contributed by atoms with E-state index in [9.17, 15) is 0 Å². The summed E-state index contributed by atoms with van der Waals surface area (Å²) in [6.07, 6.45) is 1.80. The quantitative estimate of drug-likeness (QED) is 0.820. The standard InChI is InChI=1S/C18H26N2OSi/c1-18(2,3)22(4,5)21-13-14-6-8-15(9-7-14)16-10-11-17(19)20-12-16/h6-12H,13H2,1-5H3,(H2,19,20). The van der Waals surface area contributed by atoms with Crippen molar-refractivity contribution in [2.45, 2.75) is 45.5 Å². The number of pyridine rings is 1. The first kappa shape index (κ1) is 16.7. The van der Waals surface area contributed by atoms with Crippen LogP contribution in [-0.2, 0) is 11.0 Å². The van der Waals surface area contributed by atoms with Crippen LogP contribution >= 0.6 is 0 Å². The molecule has 2 aromatic rings. The lowest BCUT2D eigenvalue weighted by Gasteiger charge is -2.36. The van der Waals surface area contributed by atoms with Crippen LogP contribution in [0.5, 0.6) is 0 Å². The maximum Gasteiger partial charge on any atom is 0.192 e. The van der Waals surface area contributed by atoms with E-state index in [0.717, 1.165) is 11.1 Å². The highest BCUT2D eigenvalue weighted by Gasteiger charge is 2.36. The number of hydrogen-bond acceptors (Lipinski definition) is 3. The molecule has 0 saturated carbocycles. The zero-order valence-corrected chi connectivity index (χ0v) is 15.2. The van der Waals surface area contributed by atoms with Crippen molar-refractivity contribution < 1.29 is 4.43 Å². The van der Waals surface area contributed by atoms with Crippen molar-refractivity contribution in [1.29, 1.82) is 0 Å². The molecule has 0 radical (unpaired) electrons. The summed E-state index contributed by atoms with van der Waals surface area (Å²) in [4.78, 5) is 4.13. The monoisotopic (exact) mass is 314 g/mol. The van der Waals surface area contributed by atoms with Crippen molar-refractivity contribution in [3.05, 3.63) is 48.2 Å². The molecule has 1 aromatic heterocycles. The van der Waals surface area contributed by atoms with Crippen molar-refractivity contribution >= 4 is 14.1 Å². The zero-order chi connectivity index (χ0) is 16.4. The summed E-state index contributed by atoms with van der Waals surface area (Å²) in [5.74, 6) is 0.545. The molecule has 1 aromatic carbocycles. The van der Waals surface area contributed by atoms with Gasteiger partial charge in [-0.15, -0.1) is 0 Å². The SMILES string of the molecule is CC(C)(C)[Si](C)(C)OCc1ccc(-c2ccc(N)nc2)cc1. The molecule has 0 unspecified atom stereocenters. The van der Waals surface area contributed by atoms with Gasteiger partial charge in [0.2, 0.25) is 0 Å². The normalized spacial score (nSPS) is 12.4. The largest absolute Gasteiger partial charge is 0.413 e. The van der Waals surface area contributed by atoms with Crippen LogP contribution in [0.15, 0.2) is 42.6 Å². The Morgan fingerprint density at radius 2 is 1.59 bits per heavy atom. The zero-order valence-electron chi connectivity index (χ0n) is 14.2. The van der Waals surface area contributed by atoms with Crippen molar-refractivity contribution in [2.75, 3.05) is 5.73 Å². The Balaban J connectivity index is 2.05. The predicted octanol–water partition coefficient (Wildman–Crippen LogP) is 4.85. The van der Waals surface area contributed by atoms with Gasteiger partial charge in [0.25, 0.3) is 0 Å². The molecule has 0 amide bonds. The lowest BCUT2D eigenvalue weighted by Crippen LogP contribution is -2.40. The van der Waals surface area contributed by atoms with Gasteiger partial charge >= 0.3 is 0 Å². The van der Waals surface area contributed by atoms with Crippen LogP contribution in [0.1, 0.15) is 26.3 Å². The number of hydrogen-bond donors (Lipinski definition) is 1. The molecule has 0 spiro atoms. The summed E-state index contributed by atoms with van der Waals surface area (Å²) in [5.41, 5.74) is 9.04. The highest BCUT2D eigenvalue weighted by molar-refractivity contribution is 6.74. The average molecular weight is 315 g/mol. The fourth-order valence-corrected chi connectivity index (χ4v) is 2.81. The fourth-order valence-electron chi connectivity index (χ4n) is 1.85. The summed E-state index contributed by atoms with van der Waals surface area (Å²) in [6, 6.07) is 12.3. The number of nitrogens with two attached hydrogens (primary N) is 1. The van der Waals surface area contributed by atoms with Crippen molar-refractivity contribution in [2.24, 2.45) is 0 Å². The first-order chi connectivity index (χ1) is 10.2. The molecule has 1 heterocycles. The Morgan fingerprint density at radius 1 is 1.00 bits per heavy atom. The van der Waals surface area contributed by atoms with E-state index in [4.69, 9.17) is 10.2 Å². The number of nitrogens with zero attached hydrogens (tertiary/aromatic N) is 1. The third-order valence-corrected chi connectivity index (χ3v) is 8.96. The second kappa shape index (κ2) is 6.22. The first-order valence-corrected chi connectivity index (χ1v) is 10.5. The minimum Gasteiger partial charge on any atom is -0.413 e. The van der Waals surface area contributed by atoms with Gasteiger partial charge in [0.15, 0.2) is 8.32 Å². The average Bonchev–Trinajstić information content (AvgIpc) is 2.45. The minimum atomic E-state index is -1.70. The molecule has 0 fully saturated rings. The lowest BCUT2D eigenvalue weighted by molar-refractivity contribution is 0.276. The lowest BCUT2D eigenvalue weighted by atomic mass is 10.1. The van der Waals surface area contributed by atoms with Crippen LogP contribution in [0.25, 0.3) is 11.1 Å². The summed E-state index contributed by atoms with van der Waals surface area (Å²) in [7, 11) is -1.70. The highest BCUT2D eigenvalue weighted by Crippen LogP contribution is 2.37. The van der Waals surface area contributed by atoms with Gasteiger partial charge in [-0.1, -0.05) is 45.0 Å². The Kier molecular flexibility index (Phi) is 4.73. The van der Waals surface area contributed by atoms with Crippen LogP contribution in [0.2, 0.25) is 18.1 Å². The molecule has 0 bridgehead atoms. The highest BCUT2D eigenvalue weighted by atomic mass is 28.4. The number of aromatic nitrogens is 1. The molecular formula is C18H26N2OSi. The van der Waals surface area contributed by atoms with E-state index in [1.54, 1.807) is 6.20 Å². The van der Waals surface area contributed by atoms with Crippen LogP contribution < -0.4 is 5.73 Å². The maximum atomic E-state index is 6.25. The summed E-state index contributed by atoms with van der Waals surface area (Å²) < 4.78 is 6.25. The molecule has 22 heavy (non-hydrogen) atoms. The maximum absolute atomic E-state index is 6.25. The molecule has 0 aliphatic rings. The van der Waals surface area contributed by atoms with E-state index in [1.165, 1.54) is 5.56 Å². The van der Waals surface area contributed by atoms with Crippen LogP contribution in [0.4, 0.5) is 5.82 Å². The number of nitrogen functional groups attached to an aromatic ring is 1. The molecule has 2 rings (SSSR count). The van der Waals surface area contributed by atoms with Gasteiger partial charge in [-0.3, -0.25) is 0 Å². The van der Waals surface area contributed by atoms with E-state index in [2.05, 4.69) is 63.1 Å². The van der Waals surface area contributed by atoms with E-state index in [1.807, 2.05) is 12.1 Å². The molecule has 0 aliphatic carbocycles. The molecular weight excluding hydrogens is 288 g/mol. The summed E-state index contributed by atoms with van der Waals surface area (Å²) in [6.45, 7) is 12.0. The molecule has 4 heteroatoms. The predicted molar refractivity (Wildman–Crippen MR) is 96.1 cm³/mol. The Morgan fingerprint density at radius 3 is 2.09 bits per heavy atom. The van der Waals surface area contributed by atoms with Crippen molar-refractivity contribution in [1.82, 2.24) is 4.98 Å². The Labute approximate surface area is 134 Å². The number of rotatable bonds is 4. The molecule has 2 N–H and O–H groups in total. The summed E-state index contributed by atoms with van der Waals surface area (Å²) >= 11 is 0. The Hall–Kier alpha value is -1.65. The topological polar surface area (TPSA) is 48.1 Å². The van der Waals surface area contributed by atoms with Gasteiger partial charge in [-0.2, -0.15) is 0 Å². The van der Waals surface area contributed by atoms with Crippen LogP contribution in [0, 0.1) is 0 Å². The fraction of sp³-hybridized carbons (Fsp3) is 0.389. The van der Waals surface area contributed by atoms with Gasteiger partial charge in [-0.05, 0) is 41.4 Å². The van der Waals surface area contributed by atoms with Crippen molar-refractivity contribution in [3.63, 3.8) is 0 Å². The first-order valence-electron chi connectivity index (χ1n) is 7.64. The van der Waals surface area contributed by atoms with E-state index < -0.39 is 8.32 Å². The Bertz CT molecular complexity index is 613.